The number of halogens is 2. The van der Waals surface area contributed by atoms with Crippen LogP contribution in [0.4, 0.5) is 8.78 Å². The van der Waals surface area contributed by atoms with Crippen LogP contribution in [0, 0.1) is 17.6 Å². The van der Waals surface area contributed by atoms with Crippen molar-refractivity contribution in [3.05, 3.63) is 95.3 Å². The fraction of sp³-hybridized carbons (Fsp3) is 0.419. The van der Waals surface area contributed by atoms with E-state index in [1.54, 1.807) is 23.1 Å². The Bertz CT molecular complexity index is 1220. The fourth-order valence-electron chi connectivity index (χ4n) is 5.24. The summed E-state index contributed by atoms with van der Waals surface area (Å²) in [7, 11) is 0. The zero-order valence-electron chi connectivity index (χ0n) is 22.3. The molecule has 1 aliphatic rings. The quantitative estimate of drug-likeness (QED) is 0.316. The molecule has 1 aliphatic carbocycles. The van der Waals surface area contributed by atoms with Crippen molar-refractivity contribution in [1.82, 2.24) is 14.4 Å². The molecule has 2 aromatic carbocycles. The first-order valence-corrected chi connectivity index (χ1v) is 13.5. The van der Waals surface area contributed by atoms with E-state index in [0.717, 1.165) is 43.4 Å². The molecular formula is C31H37F2N3O2. The summed E-state index contributed by atoms with van der Waals surface area (Å²) in [6, 6.07) is 16.2. The van der Waals surface area contributed by atoms with Crippen LogP contribution >= 0.6 is 0 Å². The smallest absolute Gasteiger partial charge is 0.254 e. The highest BCUT2D eigenvalue weighted by Gasteiger charge is 2.29. The minimum absolute atomic E-state index is 0.0529. The van der Waals surface area contributed by atoms with Crippen LogP contribution in [0.2, 0.25) is 0 Å². The van der Waals surface area contributed by atoms with E-state index in [9.17, 15) is 18.4 Å². The normalized spacial score (nSPS) is 14.0. The number of carbonyl (C=O) groups excluding carboxylic acids is 2. The van der Waals surface area contributed by atoms with Gasteiger partial charge in [-0.15, -0.1) is 0 Å². The summed E-state index contributed by atoms with van der Waals surface area (Å²) in [4.78, 5) is 30.7. The molecule has 0 spiro atoms. The maximum absolute atomic E-state index is 13.9. The molecule has 3 aromatic rings. The summed E-state index contributed by atoms with van der Waals surface area (Å²) in [6.45, 7) is 5.35. The topological polar surface area (TPSA) is 45.6 Å². The minimum atomic E-state index is -0.475. The number of benzene rings is 2. The maximum atomic E-state index is 13.9. The van der Waals surface area contributed by atoms with Crippen molar-refractivity contribution in [3.63, 3.8) is 0 Å². The van der Waals surface area contributed by atoms with Gasteiger partial charge in [0.25, 0.3) is 5.91 Å². The van der Waals surface area contributed by atoms with Gasteiger partial charge in [0, 0.05) is 36.6 Å². The Morgan fingerprint density at radius 3 is 2.37 bits per heavy atom. The molecule has 0 saturated heterocycles. The molecular weight excluding hydrogens is 484 g/mol. The Morgan fingerprint density at radius 1 is 0.947 bits per heavy atom. The Hall–Kier alpha value is -3.48. The monoisotopic (exact) mass is 521 g/mol. The summed E-state index contributed by atoms with van der Waals surface area (Å²) in [5.41, 5.74) is 2.21. The Morgan fingerprint density at radius 2 is 1.68 bits per heavy atom. The third-order valence-corrected chi connectivity index (χ3v) is 7.13. The molecule has 1 fully saturated rings. The molecule has 0 bridgehead atoms. The number of nitrogens with zero attached hydrogens (tertiary/aromatic N) is 3. The molecule has 5 nitrogen and oxygen atoms in total. The molecule has 0 atom stereocenters. The summed E-state index contributed by atoms with van der Waals surface area (Å²) < 4.78 is 29.3. The van der Waals surface area contributed by atoms with E-state index in [1.807, 2.05) is 37.1 Å². The van der Waals surface area contributed by atoms with Crippen molar-refractivity contribution in [2.45, 2.75) is 65.1 Å². The van der Waals surface area contributed by atoms with Crippen LogP contribution < -0.4 is 0 Å². The van der Waals surface area contributed by atoms with Gasteiger partial charge in [0.1, 0.15) is 18.2 Å². The van der Waals surface area contributed by atoms with Gasteiger partial charge >= 0.3 is 0 Å². The molecule has 7 heteroatoms. The van der Waals surface area contributed by atoms with Crippen LogP contribution in [-0.2, 0) is 17.9 Å². The van der Waals surface area contributed by atoms with Gasteiger partial charge in [-0.3, -0.25) is 9.59 Å². The fourth-order valence-corrected chi connectivity index (χ4v) is 5.24. The molecule has 0 unspecified atom stereocenters. The second-order valence-corrected chi connectivity index (χ2v) is 10.7. The zero-order chi connectivity index (χ0) is 27.1. The van der Waals surface area contributed by atoms with E-state index < -0.39 is 5.82 Å². The molecule has 2 amide bonds. The average molecular weight is 522 g/mol. The lowest BCUT2D eigenvalue weighted by Gasteiger charge is -2.36. The summed E-state index contributed by atoms with van der Waals surface area (Å²) in [6.07, 6.45) is 7.16. The van der Waals surface area contributed by atoms with Crippen LogP contribution in [0.1, 0.15) is 67.6 Å². The van der Waals surface area contributed by atoms with Gasteiger partial charge in [0.2, 0.25) is 5.91 Å². The first-order chi connectivity index (χ1) is 18.3. The number of aromatic nitrogens is 1. The predicted octanol–water partition coefficient (Wildman–Crippen LogP) is 6.27. The van der Waals surface area contributed by atoms with Crippen molar-refractivity contribution in [3.8, 4) is 0 Å². The summed E-state index contributed by atoms with van der Waals surface area (Å²) >= 11 is 0. The second-order valence-electron chi connectivity index (χ2n) is 10.7. The van der Waals surface area contributed by atoms with Crippen molar-refractivity contribution < 1.29 is 18.4 Å². The maximum Gasteiger partial charge on any atom is 0.254 e. The van der Waals surface area contributed by atoms with Crippen molar-refractivity contribution in [1.29, 1.82) is 0 Å². The molecule has 38 heavy (non-hydrogen) atoms. The Balaban J connectivity index is 1.55. The lowest BCUT2D eigenvalue weighted by Crippen LogP contribution is -2.48. The summed E-state index contributed by atoms with van der Waals surface area (Å²) in [5, 5.41) is 0. The number of amides is 2. The molecule has 1 heterocycles. The van der Waals surface area contributed by atoms with E-state index in [4.69, 9.17) is 0 Å². The first kappa shape index (κ1) is 27.6. The van der Waals surface area contributed by atoms with Gasteiger partial charge in [-0.1, -0.05) is 51.3 Å². The minimum Gasteiger partial charge on any atom is -0.345 e. The third kappa shape index (κ3) is 7.30. The standard InChI is InChI=1S/C31H37F2N3O2/c1-23(2)19-35(31(38)25-8-6-9-27(33)18-25)22-30(37)36(28-10-4-3-5-11-28)21-29-12-7-17-34(29)20-24-13-15-26(32)16-14-24/h6-9,12-18,23,28H,3-5,10-11,19-22H2,1-2H3. The Kier molecular flexibility index (Phi) is 9.32. The predicted molar refractivity (Wildman–Crippen MR) is 144 cm³/mol. The van der Waals surface area contributed by atoms with E-state index in [0.29, 0.717) is 19.6 Å². The van der Waals surface area contributed by atoms with Gasteiger partial charge in [0.15, 0.2) is 0 Å². The van der Waals surface area contributed by atoms with Crippen molar-refractivity contribution >= 4 is 11.8 Å². The lowest BCUT2D eigenvalue weighted by atomic mass is 9.94. The van der Waals surface area contributed by atoms with E-state index >= 15 is 0 Å². The molecule has 202 valence electrons. The molecule has 0 aliphatic heterocycles. The highest BCUT2D eigenvalue weighted by Crippen LogP contribution is 2.25. The number of hydrogen-bond acceptors (Lipinski definition) is 2. The first-order valence-electron chi connectivity index (χ1n) is 13.5. The lowest BCUT2D eigenvalue weighted by molar-refractivity contribution is -0.135. The number of hydrogen-bond donors (Lipinski definition) is 0. The van der Waals surface area contributed by atoms with E-state index in [-0.39, 0.29) is 41.7 Å². The highest BCUT2D eigenvalue weighted by molar-refractivity contribution is 5.96. The zero-order valence-corrected chi connectivity index (χ0v) is 22.3. The molecule has 1 aromatic heterocycles. The molecule has 0 radical (unpaired) electrons. The number of carbonyl (C=O) groups is 2. The number of rotatable bonds is 10. The SMILES string of the molecule is CC(C)CN(CC(=O)N(Cc1cccn1Cc1ccc(F)cc1)C1CCCCC1)C(=O)c1cccc(F)c1. The third-order valence-electron chi connectivity index (χ3n) is 7.13. The van der Waals surface area contributed by atoms with Crippen LogP contribution in [0.25, 0.3) is 0 Å². The van der Waals surface area contributed by atoms with E-state index in [2.05, 4.69) is 4.57 Å². The van der Waals surface area contributed by atoms with Crippen LogP contribution in [0.3, 0.4) is 0 Å². The van der Waals surface area contributed by atoms with Gasteiger partial charge in [0.05, 0.1) is 6.54 Å². The van der Waals surface area contributed by atoms with Crippen LogP contribution in [0.15, 0.2) is 66.9 Å². The van der Waals surface area contributed by atoms with Gasteiger partial charge < -0.3 is 14.4 Å². The molecule has 1 saturated carbocycles. The highest BCUT2D eigenvalue weighted by atomic mass is 19.1. The molecule has 0 N–H and O–H groups in total. The largest absolute Gasteiger partial charge is 0.345 e. The molecule has 4 rings (SSSR count). The van der Waals surface area contributed by atoms with Gasteiger partial charge in [-0.05, 0) is 66.8 Å². The van der Waals surface area contributed by atoms with Crippen molar-refractivity contribution in [2.24, 2.45) is 5.92 Å². The van der Waals surface area contributed by atoms with E-state index in [1.165, 1.54) is 30.3 Å². The Labute approximate surface area is 224 Å². The van der Waals surface area contributed by atoms with Crippen LogP contribution in [-0.4, -0.2) is 45.3 Å². The van der Waals surface area contributed by atoms with Gasteiger partial charge in [-0.2, -0.15) is 0 Å². The van der Waals surface area contributed by atoms with Crippen molar-refractivity contribution in [2.75, 3.05) is 13.1 Å². The second kappa shape index (κ2) is 12.9. The van der Waals surface area contributed by atoms with Gasteiger partial charge in [-0.25, -0.2) is 8.78 Å². The average Bonchev–Trinajstić information content (AvgIpc) is 3.34. The summed E-state index contributed by atoms with van der Waals surface area (Å²) in [5.74, 6) is -1.03. The van der Waals surface area contributed by atoms with Crippen LogP contribution in [0.5, 0.6) is 0 Å².